The van der Waals surface area contributed by atoms with Crippen LogP contribution in [0.15, 0.2) is 59.8 Å². The van der Waals surface area contributed by atoms with Gasteiger partial charge in [0.1, 0.15) is 0 Å². The molecule has 1 amide bonds. The topological polar surface area (TPSA) is 59.8 Å². The van der Waals surface area contributed by atoms with E-state index in [0.29, 0.717) is 6.42 Å². The van der Waals surface area contributed by atoms with Gasteiger partial charge in [-0.25, -0.2) is 0 Å². The molecular weight excluding hydrogens is 404 g/mol. The third kappa shape index (κ3) is 6.69. The van der Waals surface area contributed by atoms with Crippen molar-refractivity contribution in [2.75, 3.05) is 0 Å². The van der Waals surface area contributed by atoms with Crippen molar-refractivity contribution < 1.29 is 4.79 Å². The minimum Gasteiger partial charge on any atom is -0.346 e. The van der Waals surface area contributed by atoms with Gasteiger partial charge < -0.3 is 5.32 Å². The Balaban J connectivity index is 1.78. The van der Waals surface area contributed by atoms with Gasteiger partial charge in [0.15, 0.2) is 11.0 Å². The molecular formula is C25H32N4OS. The van der Waals surface area contributed by atoms with Crippen LogP contribution < -0.4 is 5.32 Å². The van der Waals surface area contributed by atoms with Gasteiger partial charge in [-0.2, -0.15) is 0 Å². The van der Waals surface area contributed by atoms with Crippen molar-refractivity contribution >= 4 is 17.7 Å². The molecule has 1 unspecified atom stereocenters. The van der Waals surface area contributed by atoms with Crippen molar-refractivity contribution in [1.29, 1.82) is 0 Å². The molecule has 1 atom stereocenters. The van der Waals surface area contributed by atoms with Crippen LogP contribution >= 0.6 is 11.8 Å². The highest BCUT2D eigenvalue weighted by atomic mass is 32.2. The molecule has 0 bridgehead atoms. The highest BCUT2D eigenvalue weighted by Crippen LogP contribution is 2.27. The molecule has 1 N–H and O–H groups in total. The van der Waals surface area contributed by atoms with Gasteiger partial charge in [0.2, 0.25) is 5.91 Å². The molecule has 0 saturated heterocycles. The van der Waals surface area contributed by atoms with Crippen LogP contribution in [0.2, 0.25) is 0 Å². The quantitative estimate of drug-likeness (QED) is 0.295. The SMILES string of the molecule is CCCCCCC(=O)NC(C)c1nnc(SCc2ccccc2)n1-c1ccc(C)cc1. The second kappa shape index (κ2) is 11.7. The Morgan fingerprint density at radius 1 is 1.03 bits per heavy atom. The van der Waals surface area contributed by atoms with Gasteiger partial charge in [-0.15, -0.1) is 10.2 Å². The molecule has 2 aromatic carbocycles. The molecule has 3 rings (SSSR count). The highest BCUT2D eigenvalue weighted by Gasteiger charge is 2.21. The summed E-state index contributed by atoms with van der Waals surface area (Å²) in [5, 5.41) is 12.9. The van der Waals surface area contributed by atoms with Crippen LogP contribution in [0.3, 0.4) is 0 Å². The number of amides is 1. The molecule has 3 aromatic rings. The van der Waals surface area contributed by atoms with E-state index in [1.54, 1.807) is 11.8 Å². The maximum atomic E-state index is 12.4. The summed E-state index contributed by atoms with van der Waals surface area (Å²) < 4.78 is 2.06. The van der Waals surface area contributed by atoms with E-state index in [0.717, 1.165) is 35.3 Å². The smallest absolute Gasteiger partial charge is 0.220 e. The number of carbonyl (C=O) groups excluding carboxylic acids is 1. The predicted molar refractivity (Wildman–Crippen MR) is 127 cm³/mol. The Kier molecular flexibility index (Phi) is 8.71. The lowest BCUT2D eigenvalue weighted by atomic mass is 10.1. The lowest BCUT2D eigenvalue weighted by Gasteiger charge is -2.16. The molecule has 0 spiro atoms. The third-order valence-corrected chi connectivity index (χ3v) is 6.18. The first-order chi connectivity index (χ1) is 15.1. The number of carbonyl (C=O) groups is 1. The number of thioether (sulfide) groups is 1. The number of benzene rings is 2. The van der Waals surface area contributed by atoms with Crippen LogP contribution in [0.4, 0.5) is 0 Å². The summed E-state index contributed by atoms with van der Waals surface area (Å²) in [4.78, 5) is 12.4. The fourth-order valence-electron chi connectivity index (χ4n) is 3.40. The van der Waals surface area contributed by atoms with Gasteiger partial charge in [0.05, 0.1) is 6.04 Å². The van der Waals surface area contributed by atoms with Crippen molar-refractivity contribution in [1.82, 2.24) is 20.1 Å². The number of aromatic nitrogens is 3. The highest BCUT2D eigenvalue weighted by molar-refractivity contribution is 7.98. The zero-order valence-corrected chi connectivity index (χ0v) is 19.5. The molecule has 1 heterocycles. The van der Waals surface area contributed by atoms with Crippen molar-refractivity contribution in [3.8, 4) is 5.69 Å². The Morgan fingerprint density at radius 3 is 2.48 bits per heavy atom. The second-order valence-corrected chi connectivity index (χ2v) is 8.83. The summed E-state index contributed by atoms with van der Waals surface area (Å²) in [6, 6.07) is 18.4. The molecule has 0 radical (unpaired) electrons. The molecule has 6 heteroatoms. The molecule has 0 aliphatic rings. The van der Waals surface area contributed by atoms with Crippen LogP contribution in [0.25, 0.3) is 5.69 Å². The molecule has 0 fully saturated rings. The van der Waals surface area contributed by atoms with E-state index < -0.39 is 0 Å². The van der Waals surface area contributed by atoms with Crippen LogP contribution in [0.1, 0.15) is 68.9 Å². The summed E-state index contributed by atoms with van der Waals surface area (Å²) in [5.74, 6) is 1.63. The summed E-state index contributed by atoms with van der Waals surface area (Å²) in [6.07, 6.45) is 4.92. The zero-order valence-electron chi connectivity index (χ0n) is 18.7. The number of rotatable bonds is 11. The van der Waals surface area contributed by atoms with Gasteiger partial charge in [-0.1, -0.05) is 86.0 Å². The van der Waals surface area contributed by atoms with Crippen molar-refractivity contribution in [3.05, 3.63) is 71.5 Å². The zero-order chi connectivity index (χ0) is 22.1. The molecule has 164 valence electrons. The Bertz CT molecular complexity index is 953. The minimum atomic E-state index is -0.224. The van der Waals surface area contributed by atoms with E-state index in [-0.39, 0.29) is 11.9 Å². The lowest BCUT2D eigenvalue weighted by Crippen LogP contribution is -2.28. The number of nitrogens with zero attached hydrogens (tertiary/aromatic N) is 3. The molecule has 0 saturated carbocycles. The van der Waals surface area contributed by atoms with E-state index in [1.807, 2.05) is 25.1 Å². The number of aryl methyl sites for hydroxylation is 1. The van der Waals surface area contributed by atoms with Crippen molar-refractivity contribution in [3.63, 3.8) is 0 Å². The number of unbranched alkanes of at least 4 members (excludes halogenated alkanes) is 3. The maximum Gasteiger partial charge on any atom is 0.220 e. The number of hydrogen-bond donors (Lipinski definition) is 1. The Hall–Kier alpha value is -2.60. The van der Waals surface area contributed by atoms with E-state index in [4.69, 9.17) is 0 Å². The summed E-state index contributed by atoms with van der Waals surface area (Å²) in [6.45, 7) is 6.22. The number of hydrogen-bond acceptors (Lipinski definition) is 4. The van der Waals surface area contributed by atoms with Crippen LogP contribution in [0, 0.1) is 6.92 Å². The Labute approximate surface area is 189 Å². The first kappa shape index (κ1) is 23.1. The van der Waals surface area contributed by atoms with E-state index in [9.17, 15) is 4.79 Å². The Morgan fingerprint density at radius 2 is 1.77 bits per heavy atom. The van der Waals surface area contributed by atoms with Crippen LogP contribution in [-0.4, -0.2) is 20.7 Å². The van der Waals surface area contributed by atoms with Crippen molar-refractivity contribution in [2.45, 2.75) is 69.8 Å². The van der Waals surface area contributed by atoms with E-state index in [2.05, 4.69) is 70.3 Å². The monoisotopic (exact) mass is 436 g/mol. The molecule has 5 nitrogen and oxygen atoms in total. The standard InChI is InChI=1S/C25H32N4OS/c1-4-5-6-10-13-23(30)26-20(3)24-27-28-25(31-18-21-11-8-7-9-12-21)29(24)22-16-14-19(2)15-17-22/h7-9,11-12,14-17,20H,4-6,10,13,18H2,1-3H3,(H,26,30). The largest absolute Gasteiger partial charge is 0.346 e. The van der Waals surface area contributed by atoms with Gasteiger partial charge in [0.25, 0.3) is 0 Å². The first-order valence-corrected chi connectivity index (χ1v) is 12.1. The number of nitrogens with one attached hydrogen (secondary N) is 1. The molecule has 0 aliphatic carbocycles. The summed E-state index contributed by atoms with van der Waals surface area (Å²) in [5.41, 5.74) is 3.44. The van der Waals surface area contributed by atoms with Gasteiger partial charge in [0, 0.05) is 17.9 Å². The van der Waals surface area contributed by atoms with Gasteiger partial charge >= 0.3 is 0 Å². The van der Waals surface area contributed by atoms with Gasteiger partial charge in [-0.05, 0) is 38.0 Å². The van der Waals surface area contributed by atoms with Crippen LogP contribution in [-0.2, 0) is 10.5 Å². The predicted octanol–water partition coefficient (Wildman–Crippen LogP) is 6.02. The average Bonchev–Trinajstić information content (AvgIpc) is 3.21. The summed E-state index contributed by atoms with van der Waals surface area (Å²) in [7, 11) is 0. The molecule has 1 aromatic heterocycles. The molecule has 0 aliphatic heterocycles. The van der Waals surface area contributed by atoms with Crippen LogP contribution in [0.5, 0.6) is 0 Å². The molecule has 31 heavy (non-hydrogen) atoms. The average molecular weight is 437 g/mol. The lowest BCUT2D eigenvalue weighted by molar-refractivity contribution is -0.121. The fraction of sp³-hybridized carbons (Fsp3) is 0.400. The maximum absolute atomic E-state index is 12.4. The van der Waals surface area contributed by atoms with Gasteiger partial charge in [-0.3, -0.25) is 9.36 Å². The third-order valence-electron chi connectivity index (χ3n) is 5.18. The van der Waals surface area contributed by atoms with E-state index in [1.165, 1.54) is 24.0 Å². The summed E-state index contributed by atoms with van der Waals surface area (Å²) >= 11 is 1.65. The van der Waals surface area contributed by atoms with E-state index >= 15 is 0 Å². The fourth-order valence-corrected chi connectivity index (χ4v) is 4.32. The normalized spacial score (nSPS) is 12.0. The first-order valence-electron chi connectivity index (χ1n) is 11.1. The minimum absolute atomic E-state index is 0.0700. The second-order valence-electron chi connectivity index (χ2n) is 7.89. The van der Waals surface area contributed by atoms with Crippen molar-refractivity contribution in [2.24, 2.45) is 0 Å².